The van der Waals surface area contributed by atoms with Crippen molar-refractivity contribution in [2.24, 2.45) is 0 Å². The van der Waals surface area contributed by atoms with Gasteiger partial charge in [-0.25, -0.2) is 9.78 Å². The molecule has 0 saturated heterocycles. The Labute approximate surface area is 137 Å². The largest absolute Gasteiger partial charge is 0.465 e. The average Bonchev–Trinajstić information content (AvgIpc) is 3.04. The van der Waals surface area contributed by atoms with Crippen LogP contribution in [0.1, 0.15) is 15.9 Å². The zero-order chi connectivity index (χ0) is 16.4. The van der Waals surface area contributed by atoms with Gasteiger partial charge in [0, 0.05) is 11.8 Å². The van der Waals surface area contributed by atoms with Gasteiger partial charge in [-0.3, -0.25) is 0 Å². The highest BCUT2D eigenvalue weighted by Crippen LogP contribution is 2.24. The van der Waals surface area contributed by atoms with E-state index in [1.807, 2.05) is 6.92 Å². The number of aryl methyl sites for hydroxylation is 1. The van der Waals surface area contributed by atoms with Crippen molar-refractivity contribution in [3.05, 3.63) is 52.8 Å². The highest BCUT2D eigenvalue weighted by Gasteiger charge is 2.14. The lowest BCUT2D eigenvalue weighted by Crippen LogP contribution is -2.03. The fourth-order valence-corrected chi connectivity index (χ4v) is 2.21. The van der Waals surface area contributed by atoms with E-state index < -0.39 is 0 Å². The minimum atomic E-state index is -0.380. The van der Waals surface area contributed by atoms with Crippen LogP contribution in [0.2, 0.25) is 5.15 Å². The first kappa shape index (κ1) is 15.2. The second-order valence-electron chi connectivity index (χ2n) is 4.81. The van der Waals surface area contributed by atoms with Gasteiger partial charge in [-0.1, -0.05) is 22.8 Å². The number of carbonyl (C=O) groups excluding carboxylic acids is 1. The fraction of sp³-hybridized carbons (Fsp3) is 0.125. The van der Waals surface area contributed by atoms with Gasteiger partial charge in [0.15, 0.2) is 0 Å². The molecule has 0 atom stereocenters. The summed E-state index contributed by atoms with van der Waals surface area (Å²) in [5.74, 6) is 0.392. The van der Waals surface area contributed by atoms with Crippen molar-refractivity contribution in [3.8, 4) is 22.8 Å². The average molecular weight is 330 g/mol. The topological polar surface area (TPSA) is 78.1 Å². The monoisotopic (exact) mass is 329 g/mol. The molecule has 0 N–H and O–H groups in total. The molecule has 0 aliphatic carbocycles. The second-order valence-corrected chi connectivity index (χ2v) is 5.20. The van der Waals surface area contributed by atoms with Crippen LogP contribution in [0.4, 0.5) is 0 Å². The van der Waals surface area contributed by atoms with Gasteiger partial charge >= 0.3 is 5.97 Å². The summed E-state index contributed by atoms with van der Waals surface area (Å²) < 4.78 is 9.98. The molecule has 1 aromatic carbocycles. The highest BCUT2D eigenvalue weighted by atomic mass is 35.5. The second kappa shape index (κ2) is 6.18. The van der Waals surface area contributed by atoms with Crippen LogP contribution >= 0.6 is 11.6 Å². The summed E-state index contributed by atoms with van der Waals surface area (Å²) in [4.78, 5) is 19.9. The maximum absolute atomic E-state index is 11.6. The molecule has 0 aliphatic heterocycles. The highest BCUT2D eigenvalue weighted by molar-refractivity contribution is 6.29. The Kier molecular flexibility index (Phi) is 4.08. The van der Waals surface area contributed by atoms with E-state index >= 15 is 0 Å². The molecule has 0 saturated carbocycles. The zero-order valence-electron chi connectivity index (χ0n) is 12.4. The Bertz CT molecular complexity index is 859. The molecule has 0 radical (unpaired) electrons. The van der Waals surface area contributed by atoms with Crippen LogP contribution in [0.25, 0.3) is 22.8 Å². The number of esters is 1. The van der Waals surface area contributed by atoms with Crippen molar-refractivity contribution in [2.45, 2.75) is 6.92 Å². The third kappa shape index (κ3) is 3.07. The van der Waals surface area contributed by atoms with E-state index in [0.717, 1.165) is 11.1 Å². The van der Waals surface area contributed by atoms with Gasteiger partial charge in [0.1, 0.15) is 5.15 Å². The van der Waals surface area contributed by atoms with Gasteiger partial charge in [-0.15, -0.1) is 0 Å². The molecule has 7 heteroatoms. The maximum atomic E-state index is 11.6. The lowest BCUT2D eigenvalue weighted by atomic mass is 10.0. The molecule has 0 amide bonds. The normalized spacial score (nSPS) is 10.6. The van der Waals surface area contributed by atoms with Gasteiger partial charge in [0.2, 0.25) is 5.82 Å². The maximum Gasteiger partial charge on any atom is 0.338 e. The van der Waals surface area contributed by atoms with Gasteiger partial charge in [-0.2, -0.15) is 4.98 Å². The molecule has 2 heterocycles. The first-order valence-electron chi connectivity index (χ1n) is 6.73. The Morgan fingerprint density at radius 3 is 2.65 bits per heavy atom. The van der Waals surface area contributed by atoms with Gasteiger partial charge in [0.25, 0.3) is 5.89 Å². The number of pyridine rings is 1. The number of halogens is 1. The summed E-state index contributed by atoms with van der Waals surface area (Å²) in [6.07, 6.45) is 1.56. The lowest BCUT2D eigenvalue weighted by Gasteiger charge is -2.04. The Balaban J connectivity index is 1.93. The van der Waals surface area contributed by atoms with Gasteiger partial charge in [-0.05, 0) is 36.8 Å². The summed E-state index contributed by atoms with van der Waals surface area (Å²) >= 11 is 5.75. The van der Waals surface area contributed by atoms with E-state index in [-0.39, 0.29) is 5.97 Å². The SMILES string of the molecule is COC(=O)c1ccc(-c2noc(-c3ccc(Cl)nc3)n2)cc1C. The Hall–Kier alpha value is -2.73. The quantitative estimate of drug-likeness (QED) is 0.540. The van der Waals surface area contributed by atoms with E-state index in [0.29, 0.717) is 28.0 Å². The van der Waals surface area contributed by atoms with Crippen LogP contribution in [-0.4, -0.2) is 28.2 Å². The number of nitrogens with zero attached hydrogens (tertiary/aromatic N) is 3. The summed E-state index contributed by atoms with van der Waals surface area (Å²) in [5, 5.41) is 4.35. The molecule has 23 heavy (non-hydrogen) atoms. The van der Waals surface area contributed by atoms with Crippen molar-refractivity contribution >= 4 is 17.6 Å². The number of benzene rings is 1. The Morgan fingerprint density at radius 2 is 2.00 bits per heavy atom. The van der Waals surface area contributed by atoms with Crippen LogP contribution in [-0.2, 0) is 4.74 Å². The number of rotatable bonds is 3. The molecular weight excluding hydrogens is 318 g/mol. The molecule has 2 aromatic heterocycles. The molecule has 0 spiro atoms. The smallest absolute Gasteiger partial charge is 0.338 e. The zero-order valence-corrected chi connectivity index (χ0v) is 13.2. The summed E-state index contributed by atoms with van der Waals surface area (Å²) in [6, 6.07) is 8.62. The van der Waals surface area contributed by atoms with Crippen molar-refractivity contribution in [1.82, 2.24) is 15.1 Å². The summed E-state index contributed by atoms with van der Waals surface area (Å²) in [5.41, 5.74) is 2.69. The summed E-state index contributed by atoms with van der Waals surface area (Å²) in [6.45, 7) is 1.82. The van der Waals surface area contributed by atoms with E-state index in [4.69, 9.17) is 20.9 Å². The lowest BCUT2D eigenvalue weighted by molar-refractivity contribution is 0.0600. The number of aromatic nitrogens is 3. The van der Waals surface area contributed by atoms with Crippen molar-refractivity contribution in [3.63, 3.8) is 0 Å². The molecule has 3 aromatic rings. The standard InChI is InChI=1S/C16H12ClN3O3/c1-9-7-10(3-5-12(9)16(21)22-2)14-19-15(23-20-14)11-4-6-13(17)18-8-11/h3-8H,1-2H3. The van der Waals surface area contributed by atoms with E-state index in [2.05, 4.69) is 15.1 Å². The van der Waals surface area contributed by atoms with Crippen molar-refractivity contribution in [1.29, 1.82) is 0 Å². The number of ether oxygens (including phenoxy) is 1. The predicted octanol–water partition coefficient (Wildman–Crippen LogP) is 3.55. The molecule has 0 bridgehead atoms. The molecule has 6 nitrogen and oxygen atoms in total. The van der Waals surface area contributed by atoms with Crippen LogP contribution in [0.5, 0.6) is 0 Å². The minimum absolute atomic E-state index is 0.346. The molecular formula is C16H12ClN3O3. The Morgan fingerprint density at radius 1 is 1.22 bits per heavy atom. The molecule has 0 fully saturated rings. The number of methoxy groups -OCH3 is 1. The van der Waals surface area contributed by atoms with Crippen LogP contribution < -0.4 is 0 Å². The van der Waals surface area contributed by atoms with E-state index in [1.54, 1.807) is 36.5 Å². The van der Waals surface area contributed by atoms with Crippen LogP contribution in [0, 0.1) is 6.92 Å². The van der Waals surface area contributed by atoms with Crippen molar-refractivity contribution in [2.75, 3.05) is 7.11 Å². The van der Waals surface area contributed by atoms with Crippen LogP contribution in [0.15, 0.2) is 41.1 Å². The molecule has 0 unspecified atom stereocenters. The van der Waals surface area contributed by atoms with E-state index in [9.17, 15) is 4.79 Å². The first-order valence-corrected chi connectivity index (χ1v) is 7.11. The minimum Gasteiger partial charge on any atom is -0.465 e. The predicted molar refractivity (Wildman–Crippen MR) is 84.1 cm³/mol. The summed E-state index contributed by atoms with van der Waals surface area (Å²) in [7, 11) is 1.35. The van der Waals surface area contributed by atoms with Gasteiger partial charge < -0.3 is 9.26 Å². The van der Waals surface area contributed by atoms with Crippen LogP contribution in [0.3, 0.4) is 0 Å². The van der Waals surface area contributed by atoms with Gasteiger partial charge in [0.05, 0.1) is 18.2 Å². The number of hydrogen-bond donors (Lipinski definition) is 0. The number of hydrogen-bond acceptors (Lipinski definition) is 6. The molecule has 0 aliphatic rings. The molecule has 3 rings (SSSR count). The third-order valence-electron chi connectivity index (χ3n) is 3.29. The molecule has 116 valence electrons. The van der Waals surface area contributed by atoms with Crippen molar-refractivity contribution < 1.29 is 14.1 Å². The first-order chi connectivity index (χ1) is 11.1. The third-order valence-corrected chi connectivity index (χ3v) is 3.51. The van der Waals surface area contributed by atoms with E-state index in [1.165, 1.54) is 7.11 Å². The fourth-order valence-electron chi connectivity index (χ4n) is 2.10. The number of carbonyl (C=O) groups is 1.